The lowest BCUT2D eigenvalue weighted by molar-refractivity contribution is 0.0712. The van der Waals surface area contributed by atoms with E-state index in [1.807, 2.05) is 6.92 Å². The van der Waals surface area contributed by atoms with E-state index in [4.69, 9.17) is 4.74 Å². The second-order valence-electron chi connectivity index (χ2n) is 5.93. The zero-order valence-electron chi connectivity index (χ0n) is 13.8. The highest BCUT2D eigenvalue weighted by molar-refractivity contribution is 7.94. The first-order valence-corrected chi connectivity index (χ1v) is 10.4. The van der Waals surface area contributed by atoms with Crippen LogP contribution >= 0.6 is 11.3 Å². The normalized spacial score (nSPS) is 18.7. The molecule has 1 aromatic carbocycles. The third-order valence-corrected chi connectivity index (χ3v) is 6.80. The molecule has 134 valence electrons. The average Bonchev–Trinajstić information content (AvgIpc) is 3.28. The van der Waals surface area contributed by atoms with Crippen molar-refractivity contribution in [1.82, 2.24) is 5.32 Å². The Hall–Kier alpha value is -1.90. The van der Waals surface area contributed by atoms with E-state index in [1.54, 1.807) is 29.6 Å². The number of carbonyl (C=O) groups is 1. The van der Waals surface area contributed by atoms with Crippen LogP contribution in [0.4, 0.5) is 5.69 Å². The number of nitrogens with one attached hydrogen (secondary N) is 2. The van der Waals surface area contributed by atoms with Crippen LogP contribution in [0, 0.1) is 0 Å². The van der Waals surface area contributed by atoms with Gasteiger partial charge in [-0.15, -0.1) is 11.3 Å². The number of amides is 1. The molecule has 2 unspecified atom stereocenters. The summed E-state index contributed by atoms with van der Waals surface area (Å²) >= 11 is 1.14. The molecule has 3 rings (SSSR count). The van der Waals surface area contributed by atoms with Crippen molar-refractivity contribution >= 4 is 33.0 Å². The number of anilines is 1. The molecule has 0 radical (unpaired) electrons. The van der Waals surface area contributed by atoms with Crippen LogP contribution in [0.2, 0.25) is 0 Å². The van der Waals surface area contributed by atoms with Gasteiger partial charge < -0.3 is 10.1 Å². The van der Waals surface area contributed by atoms with E-state index in [9.17, 15) is 13.2 Å². The molecule has 0 bridgehead atoms. The monoisotopic (exact) mass is 380 g/mol. The van der Waals surface area contributed by atoms with Crippen LogP contribution in [0.25, 0.3) is 0 Å². The number of rotatable bonds is 6. The van der Waals surface area contributed by atoms with Gasteiger partial charge in [-0.3, -0.25) is 9.52 Å². The van der Waals surface area contributed by atoms with Crippen LogP contribution in [0.1, 0.15) is 30.1 Å². The lowest BCUT2D eigenvalue weighted by Gasteiger charge is -2.20. The Bertz CT molecular complexity index is 828. The molecule has 8 heteroatoms. The quantitative estimate of drug-likeness (QED) is 0.807. The van der Waals surface area contributed by atoms with Gasteiger partial charge in [-0.1, -0.05) is 12.1 Å². The highest BCUT2D eigenvalue weighted by Gasteiger charge is 2.24. The highest BCUT2D eigenvalue weighted by atomic mass is 32.2. The largest absolute Gasteiger partial charge is 0.376 e. The number of ether oxygens (including phenoxy) is 1. The zero-order chi connectivity index (χ0) is 17.9. The third-order valence-electron chi connectivity index (χ3n) is 4.02. The Morgan fingerprint density at radius 1 is 1.32 bits per heavy atom. The maximum Gasteiger partial charge on any atom is 0.271 e. The van der Waals surface area contributed by atoms with Crippen molar-refractivity contribution in [3.05, 3.63) is 47.3 Å². The molecule has 2 heterocycles. The molecule has 25 heavy (non-hydrogen) atoms. The van der Waals surface area contributed by atoms with E-state index in [-0.39, 0.29) is 22.3 Å². The van der Waals surface area contributed by atoms with Gasteiger partial charge in [0.25, 0.3) is 15.9 Å². The maximum absolute atomic E-state index is 12.4. The Kier molecular flexibility index (Phi) is 5.41. The summed E-state index contributed by atoms with van der Waals surface area (Å²) in [6.07, 6.45) is 1.97. The van der Waals surface area contributed by atoms with Gasteiger partial charge in [0.05, 0.1) is 12.1 Å². The van der Waals surface area contributed by atoms with Gasteiger partial charge in [0.1, 0.15) is 4.21 Å². The molecule has 0 saturated carbocycles. The van der Waals surface area contributed by atoms with Crippen molar-refractivity contribution in [1.29, 1.82) is 0 Å². The van der Waals surface area contributed by atoms with Crippen molar-refractivity contribution in [3.63, 3.8) is 0 Å². The number of hydrogen-bond donors (Lipinski definition) is 2. The summed E-state index contributed by atoms with van der Waals surface area (Å²) < 4.78 is 32.9. The number of hydrogen-bond acceptors (Lipinski definition) is 5. The fraction of sp³-hybridized carbons (Fsp3) is 0.353. The third kappa shape index (κ3) is 4.39. The van der Waals surface area contributed by atoms with Gasteiger partial charge in [0, 0.05) is 17.9 Å². The predicted molar refractivity (Wildman–Crippen MR) is 97.5 cm³/mol. The molecule has 1 aliphatic heterocycles. The zero-order valence-corrected chi connectivity index (χ0v) is 15.4. The molecule has 0 aliphatic carbocycles. The first-order valence-electron chi connectivity index (χ1n) is 8.04. The molecule has 2 atom stereocenters. The van der Waals surface area contributed by atoms with Crippen molar-refractivity contribution in [2.45, 2.75) is 36.1 Å². The molecule has 0 spiro atoms. The number of carbonyl (C=O) groups excluding carboxylic acids is 1. The molecule has 1 aliphatic rings. The van der Waals surface area contributed by atoms with Gasteiger partial charge >= 0.3 is 0 Å². The second kappa shape index (κ2) is 7.55. The van der Waals surface area contributed by atoms with Crippen molar-refractivity contribution < 1.29 is 17.9 Å². The summed E-state index contributed by atoms with van der Waals surface area (Å²) in [6.45, 7) is 2.64. The van der Waals surface area contributed by atoms with E-state index in [1.165, 1.54) is 12.1 Å². The molecule has 2 N–H and O–H groups in total. The standard InChI is InChI=1S/C17H20N2O4S2/c1-12(15-7-3-9-23-15)18-17(20)13-5-2-6-14(11-13)19-25(21,22)16-8-4-10-24-16/h2,4-6,8,10-12,15,19H,3,7,9H2,1H3,(H,18,20). The topological polar surface area (TPSA) is 84.5 Å². The highest BCUT2D eigenvalue weighted by Crippen LogP contribution is 2.21. The Balaban J connectivity index is 1.69. The molecule has 1 fully saturated rings. The second-order valence-corrected chi connectivity index (χ2v) is 8.79. The minimum absolute atomic E-state index is 0.0319. The number of sulfonamides is 1. The molecule has 1 amide bonds. The fourth-order valence-electron chi connectivity index (χ4n) is 2.73. The Morgan fingerprint density at radius 3 is 2.84 bits per heavy atom. The van der Waals surface area contributed by atoms with Gasteiger partial charge in [0.15, 0.2) is 0 Å². The maximum atomic E-state index is 12.4. The summed E-state index contributed by atoms with van der Waals surface area (Å²) in [6, 6.07) is 9.57. The van der Waals surface area contributed by atoms with Crippen LogP contribution < -0.4 is 10.0 Å². The molecular weight excluding hydrogens is 360 g/mol. The molecule has 6 nitrogen and oxygen atoms in total. The van der Waals surface area contributed by atoms with Crippen LogP contribution in [-0.4, -0.2) is 33.1 Å². The molecular formula is C17H20N2O4S2. The van der Waals surface area contributed by atoms with Crippen LogP contribution in [0.5, 0.6) is 0 Å². The van der Waals surface area contributed by atoms with Gasteiger partial charge in [-0.25, -0.2) is 8.42 Å². The SMILES string of the molecule is CC(NC(=O)c1cccc(NS(=O)(=O)c2cccs2)c1)C1CCCO1. The summed E-state index contributed by atoms with van der Waals surface area (Å²) in [5, 5.41) is 4.62. The van der Waals surface area contributed by atoms with Crippen molar-refractivity contribution in [2.24, 2.45) is 0 Å². The molecule has 1 aromatic heterocycles. The smallest absolute Gasteiger partial charge is 0.271 e. The summed E-state index contributed by atoms with van der Waals surface area (Å²) in [5.41, 5.74) is 0.752. The summed E-state index contributed by atoms with van der Waals surface area (Å²) in [7, 11) is -3.63. The Labute approximate surface area is 151 Å². The van der Waals surface area contributed by atoms with Crippen LogP contribution in [0.15, 0.2) is 46.0 Å². The summed E-state index contributed by atoms with van der Waals surface area (Å²) in [5.74, 6) is -0.250. The van der Waals surface area contributed by atoms with E-state index >= 15 is 0 Å². The first kappa shape index (κ1) is 17.9. The minimum Gasteiger partial charge on any atom is -0.376 e. The minimum atomic E-state index is -3.63. The number of thiophene rings is 1. The Morgan fingerprint density at radius 2 is 2.16 bits per heavy atom. The van der Waals surface area contributed by atoms with Crippen LogP contribution in [-0.2, 0) is 14.8 Å². The van der Waals surface area contributed by atoms with Gasteiger partial charge in [0.2, 0.25) is 0 Å². The average molecular weight is 380 g/mol. The van der Waals surface area contributed by atoms with Gasteiger partial charge in [-0.05, 0) is 49.4 Å². The van der Waals surface area contributed by atoms with Gasteiger partial charge in [-0.2, -0.15) is 0 Å². The fourth-order valence-corrected chi connectivity index (χ4v) is 4.77. The lowest BCUT2D eigenvalue weighted by atomic mass is 10.1. The molecule has 1 saturated heterocycles. The van der Waals surface area contributed by atoms with E-state index in [0.29, 0.717) is 11.3 Å². The summed E-state index contributed by atoms with van der Waals surface area (Å²) in [4.78, 5) is 12.4. The van der Waals surface area contributed by atoms with Crippen molar-refractivity contribution in [3.8, 4) is 0 Å². The van der Waals surface area contributed by atoms with E-state index < -0.39 is 10.0 Å². The van der Waals surface area contributed by atoms with Crippen LogP contribution in [0.3, 0.4) is 0 Å². The molecule has 2 aromatic rings. The van der Waals surface area contributed by atoms with E-state index in [0.717, 1.165) is 30.8 Å². The lowest BCUT2D eigenvalue weighted by Crippen LogP contribution is -2.40. The number of benzene rings is 1. The first-order chi connectivity index (χ1) is 12.0. The van der Waals surface area contributed by atoms with E-state index in [2.05, 4.69) is 10.0 Å². The van der Waals surface area contributed by atoms with Crippen molar-refractivity contribution in [2.75, 3.05) is 11.3 Å². The predicted octanol–water partition coefficient (Wildman–Crippen LogP) is 2.85.